The number of rotatable bonds is 4. The molecule has 0 radical (unpaired) electrons. The number of hydrogen-bond acceptors (Lipinski definition) is 4. The summed E-state index contributed by atoms with van der Waals surface area (Å²) in [5.74, 6) is 0.830. The normalized spacial score (nSPS) is 15.3. The molecular weight excluding hydrogens is 364 g/mol. The van der Waals surface area contributed by atoms with E-state index in [1.54, 1.807) is 13.3 Å². The second-order valence-electron chi connectivity index (χ2n) is 8.26. The third-order valence-electron chi connectivity index (χ3n) is 5.59. The maximum Gasteiger partial charge on any atom is 0.233 e. The molecule has 6 nitrogen and oxygen atoms in total. The van der Waals surface area contributed by atoms with E-state index in [4.69, 9.17) is 4.74 Å². The molecule has 6 heteroatoms. The number of benzene rings is 1. The lowest BCUT2D eigenvalue weighted by Gasteiger charge is -2.39. The average molecular weight is 390 g/mol. The van der Waals surface area contributed by atoms with Gasteiger partial charge >= 0.3 is 0 Å². The predicted molar refractivity (Wildman–Crippen MR) is 113 cm³/mol. The van der Waals surface area contributed by atoms with Gasteiger partial charge in [-0.1, -0.05) is 19.9 Å². The molecule has 1 amide bonds. The standard InChI is InChI=1S/C23H26N4O2/c1-14-21(15(2)26-25-14)18-10-16-12-23(3,4)22(28)27(19(16)11-20(18)29-5)13-17-8-6-7-9-24-17/h6-11H,12-13H2,1-5H3,(H,25,26). The van der Waals surface area contributed by atoms with Crippen LogP contribution in [-0.2, 0) is 17.8 Å². The molecule has 1 aliphatic heterocycles. The number of amides is 1. The van der Waals surface area contributed by atoms with Crippen LogP contribution in [0.5, 0.6) is 5.75 Å². The van der Waals surface area contributed by atoms with E-state index in [1.165, 1.54) is 0 Å². The lowest BCUT2D eigenvalue weighted by Crippen LogP contribution is -2.46. The fourth-order valence-corrected chi connectivity index (χ4v) is 4.16. The lowest BCUT2D eigenvalue weighted by molar-refractivity contribution is -0.127. The number of carbonyl (C=O) groups excluding carboxylic acids is 1. The summed E-state index contributed by atoms with van der Waals surface area (Å²) in [4.78, 5) is 19.5. The van der Waals surface area contributed by atoms with E-state index in [0.29, 0.717) is 13.0 Å². The summed E-state index contributed by atoms with van der Waals surface area (Å²) in [6.07, 6.45) is 2.43. The number of H-pyrrole nitrogens is 1. The molecule has 0 fully saturated rings. The predicted octanol–water partition coefficient (Wildman–Crippen LogP) is 4.21. The number of aryl methyl sites for hydroxylation is 2. The number of aromatic nitrogens is 3. The van der Waals surface area contributed by atoms with Crippen LogP contribution in [0.2, 0.25) is 0 Å². The van der Waals surface area contributed by atoms with Gasteiger partial charge in [0.2, 0.25) is 5.91 Å². The van der Waals surface area contributed by atoms with Crippen molar-refractivity contribution in [2.24, 2.45) is 5.41 Å². The molecule has 150 valence electrons. The summed E-state index contributed by atoms with van der Waals surface area (Å²) in [6.45, 7) is 8.43. The Kier molecular flexibility index (Phi) is 4.65. The minimum atomic E-state index is -0.492. The molecule has 0 saturated heterocycles. The monoisotopic (exact) mass is 390 g/mol. The zero-order valence-corrected chi connectivity index (χ0v) is 17.5. The summed E-state index contributed by atoms with van der Waals surface area (Å²) in [5.41, 5.74) is 6.35. The van der Waals surface area contributed by atoms with Crippen molar-refractivity contribution in [1.82, 2.24) is 15.2 Å². The van der Waals surface area contributed by atoms with Gasteiger partial charge in [-0.2, -0.15) is 5.10 Å². The Balaban J connectivity index is 1.88. The summed E-state index contributed by atoms with van der Waals surface area (Å²) in [5, 5.41) is 7.39. The fraction of sp³-hybridized carbons (Fsp3) is 0.348. The highest BCUT2D eigenvalue weighted by molar-refractivity contribution is 6.01. The van der Waals surface area contributed by atoms with E-state index in [9.17, 15) is 4.79 Å². The lowest BCUT2D eigenvalue weighted by atomic mass is 9.79. The van der Waals surface area contributed by atoms with E-state index in [-0.39, 0.29) is 5.91 Å². The summed E-state index contributed by atoms with van der Waals surface area (Å²) in [6, 6.07) is 9.89. The first-order valence-electron chi connectivity index (χ1n) is 9.76. The summed E-state index contributed by atoms with van der Waals surface area (Å²) in [7, 11) is 1.66. The summed E-state index contributed by atoms with van der Waals surface area (Å²) < 4.78 is 5.74. The topological polar surface area (TPSA) is 71.1 Å². The second-order valence-corrected chi connectivity index (χ2v) is 8.26. The molecular formula is C23H26N4O2. The van der Waals surface area contributed by atoms with Crippen molar-refractivity contribution in [3.8, 4) is 16.9 Å². The molecule has 0 atom stereocenters. The Morgan fingerprint density at radius 1 is 1.24 bits per heavy atom. The smallest absolute Gasteiger partial charge is 0.233 e. The molecule has 0 spiro atoms. The van der Waals surface area contributed by atoms with E-state index >= 15 is 0 Å². The van der Waals surface area contributed by atoms with Crippen LogP contribution in [0.15, 0.2) is 36.5 Å². The minimum absolute atomic E-state index is 0.0983. The fourth-order valence-electron chi connectivity index (χ4n) is 4.16. The molecule has 0 aliphatic carbocycles. The highest BCUT2D eigenvalue weighted by Crippen LogP contribution is 2.44. The Hall–Kier alpha value is -3.15. The van der Waals surface area contributed by atoms with Crippen molar-refractivity contribution < 1.29 is 9.53 Å². The van der Waals surface area contributed by atoms with Crippen LogP contribution in [0, 0.1) is 19.3 Å². The summed E-state index contributed by atoms with van der Waals surface area (Å²) >= 11 is 0. The van der Waals surface area contributed by atoms with Crippen molar-refractivity contribution in [2.45, 2.75) is 40.7 Å². The maximum absolute atomic E-state index is 13.3. The van der Waals surface area contributed by atoms with E-state index in [1.807, 2.05) is 56.9 Å². The molecule has 29 heavy (non-hydrogen) atoms. The van der Waals surface area contributed by atoms with Crippen molar-refractivity contribution in [2.75, 3.05) is 12.0 Å². The zero-order valence-electron chi connectivity index (χ0n) is 17.5. The molecule has 1 aliphatic rings. The van der Waals surface area contributed by atoms with Crippen LogP contribution in [0.4, 0.5) is 5.69 Å². The molecule has 1 N–H and O–H groups in total. The van der Waals surface area contributed by atoms with Crippen LogP contribution in [-0.4, -0.2) is 28.2 Å². The molecule has 3 heterocycles. The van der Waals surface area contributed by atoms with Gasteiger partial charge in [-0.05, 0) is 44.0 Å². The SMILES string of the molecule is COc1cc2c(cc1-c1c(C)n[nH]c1C)CC(C)(C)C(=O)N2Cc1ccccn1. The quantitative estimate of drug-likeness (QED) is 0.724. The van der Waals surface area contributed by atoms with Gasteiger partial charge in [0, 0.05) is 34.5 Å². The minimum Gasteiger partial charge on any atom is -0.496 e. The Bertz CT molecular complexity index is 1050. The number of aromatic amines is 1. The third-order valence-corrected chi connectivity index (χ3v) is 5.59. The highest BCUT2D eigenvalue weighted by Gasteiger charge is 2.40. The molecule has 0 unspecified atom stereocenters. The second kappa shape index (κ2) is 7.03. The average Bonchev–Trinajstić information content (AvgIpc) is 3.03. The number of fused-ring (bicyclic) bond motifs is 1. The number of anilines is 1. The van der Waals surface area contributed by atoms with Gasteiger partial charge in [0.1, 0.15) is 5.75 Å². The van der Waals surface area contributed by atoms with E-state index in [0.717, 1.165) is 45.2 Å². The largest absolute Gasteiger partial charge is 0.496 e. The maximum atomic E-state index is 13.3. The first kappa shape index (κ1) is 19.2. The molecule has 0 saturated carbocycles. The number of hydrogen-bond donors (Lipinski definition) is 1. The van der Waals surface area contributed by atoms with E-state index in [2.05, 4.69) is 21.2 Å². The van der Waals surface area contributed by atoms with Gasteiger partial charge in [0.15, 0.2) is 0 Å². The van der Waals surface area contributed by atoms with Gasteiger partial charge in [-0.15, -0.1) is 0 Å². The molecule has 2 aromatic heterocycles. The molecule has 0 bridgehead atoms. The highest BCUT2D eigenvalue weighted by atomic mass is 16.5. The van der Waals surface area contributed by atoms with Crippen LogP contribution in [0.3, 0.4) is 0 Å². The van der Waals surface area contributed by atoms with Gasteiger partial charge in [0.25, 0.3) is 0 Å². The van der Waals surface area contributed by atoms with Gasteiger partial charge in [-0.25, -0.2) is 0 Å². The third kappa shape index (κ3) is 3.28. The van der Waals surface area contributed by atoms with Crippen LogP contribution in [0.25, 0.3) is 11.1 Å². The van der Waals surface area contributed by atoms with Gasteiger partial charge in [0.05, 0.1) is 30.7 Å². The van der Waals surface area contributed by atoms with Gasteiger partial charge < -0.3 is 9.64 Å². The van der Waals surface area contributed by atoms with Crippen molar-refractivity contribution >= 4 is 11.6 Å². The Labute approximate surface area is 170 Å². The van der Waals surface area contributed by atoms with Crippen molar-refractivity contribution in [3.05, 3.63) is 59.2 Å². The number of carbonyl (C=O) groups is 1. The van der Waals surface area contributed by atoms with Crippen LogP contribution >= 0.6 is 0 Å². The van der Waals surface area contributed by atoms with Crippen LogP contribution < -0.4 is 9.64 Å². The Morgan fingerprint density at radius 3 is 2.66 bits per heavy atom. The van der Waals surface area contributed by atoms with Crippen molar-refractivity contribution in [1.29, 1.82) is 0 Å². The Morgan fingerprint density at radius 2 is 2.03 bits per heavy atom. The molecule has 4 rings (SSSR count). The number of pyridine rings is 1. The molecule has 3 aromatic rings. The number of ether oxygens (including phenoxy) is 1. The number of nitrogens with zero attached hydrogens (tertiary/aromatic N) is 3. The first-order valence-corrected chi connectivity index (χ1v) is 9.76. The van der Waals surface area contributed by atoms with Gasteiger partial charge in [-0.3, -0.25) is 14.9 Å². The first-order chi connectivity index (χ1) is 13.8. The number of nitrogens with one attached hydrogen (secondary N) is 1. The zero-order chi connectivity index (χ0) is 20.8. The van der Waals surface area contributed by atoms with Crippen molar-refractivity contribution in [3.63, 3.8) is 0 Å². The number of methoxy groups -OCH3 is 1. The van der Waals surface area contributed by atoms with E-state index < -0.39 is 5.41 Å². The van der Waals surface area contributed by atoms with Crippen LogP contribution in [0.1, 0.15) is 36.5 Å². The molecule has 1 aromatic carbocycles.